The zero-order chi connectivity index (χ0) is 16.7. The molecule has 22 heavy (non-hydrogen) atoms. The fraction of sp³-hybridized carbons (Fsp3) is 0.500. The Hall–Kier alpha value is -1.98. The lowest BCUT2D eigenvalue weighted by atomic mass is 9.72. The number of likely N-dealkylation sites (tertiary alicyclic amines) is 1. The summed E-state index contributed by atoms with van der Waals surface area (Å²) < 4.78 is 27.1. The molecule has 1 aliphatic heterocycles. The van der Waals surface area contributed by atoms with E-state index in [0.29, 0.717) is 12.8 Å². The number of aliphatic carboxylic acids is 1. The first-order valence-corrected chi connectivity index (χ1v) is 7.07. The van der Waals surface area contributed by atoms with Crippen molar-refractivity contribution in [1.82, 2.24) is 4.90 Å². The van der Waals surface area contributed by atoms with Gasteiger partial charge in [-0.2, -0.15) is 0 Å². The summed E-state index contributed by atoms with van der Waals surface area (Å²) in [6, 6.07) is 3.07. The zero-order valence-corrected chi connectivity index (χ0v) is 12.8. The van der Waals surface area contributed by atoms with Gasteiger partial charge in [0.2, 0.25) is 5.91 Å². The van der Waals surface area contributed by atoms with Crippen LogP contribution in [0.4, 0.5) is 8.78 Å². The van der Waals surface area contributed by atoms with Crippen LogP contribution in [0, 0.1) is 17.0 Å². The summed E-state index contributed by atoms with van der Waals surface area (Å²) in [5, 5.41) is 9.10. The van der Waals surface area contributed by atoms with E-state index in [4.69, 9.17) is 5.11 Å². The maximum absolute atomic E-state index is 13.5. The number of hydrogen-bond donors (Lipinski definition) is 1. The van der Waals surface area contributed by atoms with Crippen molar-refractivity contribution in [1.29, 1.82) is 0 Å². The molecule has 0 spiro atoms. The van der Waals surface area contributed by atoms with Crippen LogP contribution in [-0.4, -0.2) is 28.4 Å². The molecule has 6 heteroatoms. The van der Waals surface area contributed by atoms with E-state index in [0.717, 1.165) is 18.2 Å². The highest BCUT2D eigenvalue weighted by Crippen LogP contribution is 2.44. The predicted molar refractivity (Wildman–Crippen MR) is 76.1 cm³/mol. The normalized spacial score (nSPS) is 24.4. The van der Waals surface area contributed by atoms with Crippen LogP contribution in [0.15, 0.2) is 18.2 Å². The van der Waals surface area contributed by atoms with Gasteiger partial charge in [-0.05, 0) is 37.5 Å². The van der Waals surface area contributed by atoms with Crippen molar-refractivity contribution in [3.05, 3.63) is 35.4 Å². The molecule has 0 radical (unpaired) electrons. The van der Waals surface area contributed by atoms with Crippen molar-refractivity contribution < 1.29 is 23.5 Å². The quantitative estimate of drug-likeness (QED) is 0.934. The Morgan fingerprint density at radius 3 is 2.23 bits per heavy atom. The second kappa shape index (κ2) is 5.34. The molecule has 1 atom stereocenters. The molecule has 2 rings (SSSR count). The molecule has 4 nitrogen and oxygen atoms in total. The Morgan fingerprint density at radius 1 is 1.18 bits per heavy atom. The van der Waals surface area contributed by atoms with E-state index in [2.05, 4.69) is 0 Å². The zero-order valence-electron chi connectivity index (χ0n) is 12.8. The van der Waals surface area contributed by atoms with E-state index in [1.165, 1.54) is 4.90 Å². The number of carbonyl (C=O) groups is 2. The molecule has 0 aliphatic carbocycles. The molecular formula is C16H19F2NO3. The van der Waals surface area contributed by atoms with E-state index in [1.54, 1.807) is 20.8 Å². The molecule has 1 unspecified atom stereocenters. The molecule has 120 valence electrons. The van der Waals surface area contributed by atoms with Crippen LogP contribution in [-0.2, 0) is 15.1 Å². The third-order valence-electron chi connectivity index (χ3n) is 4.43. The number of rotatable bonds is 3. The lowest BCUT2D eigenvalue weighted by Crippen LogP contribution is -2.58. The topological polar surface area (TPSA) is 57.6 Å². The molecule has 1 N–H and O–H groups in total. The number of halogens is 2. The molecular weight excluding hydrogens is 292 g/mol. The summed E-state index contributed by atoms with van der Waals surface area (Å²) >= 11 is 0. The number of piperidine rings is 1. The van der Waals surface area contributed by atoms with Crippen molar-refractivity contribution in [2.24, 2.45) is 5.41 Å². The molecule has 1 aromatic carbocycles. The standard InChI is InChI=1S/C16H19F2NO3/c1-15(2)4-5-16(3,19(14(15)22)9-13(20)21)10-6-11(17)8-12(18)7-10/h6-8H,4-5,9H2,1-3H3,(H,20,21). The van der Waals surface area contributed by atoms with Crippen molar-refractivity contribution in [2.45, 2.75) is 39.2 Å². The minimum Gasteiger partial charge on any atom is -0.480 e. The lowest BCUT2D eigenvalue weighted by molar-refractivity contribution is -0.161. The summed E-state index contributed by atoms with van der Waals surface area (Å²) in [7, 11) is 0. The highest BCUT2D eigenvalue weighted by atomic mass is 19.1. The van der Waals surface area contributed by atoms with Gasteiger partial charge in [-0.25, -0.2) is 8.78 Å². The Morgan fingerprint density at radius 2 is 1.73 bits per heavy atom. The van der Waals surface area contributed by atoms with Gasteiger partial charge in [0.1, 0.15) is 18.2 Å². The van der Waals surface area contributed by atoms with E-state index in [9.17, 15) is 18.4 Å². The predicted octanol–water partition coefficient (Wildman–Crippen LogP) is 2.91. The summed E-state index contributed by atoms with van der Waals surface area (Å²) in [5.74, 6) is -2.98. The highest BCUT2D eigenvalue weighted by Gasteiger charge is 2.48. The smallest absolute Gasteiger partial charge is 0.323 e. The summed E-state index contributed by atoms with van der Waals surface area (Å²) in [6.07, 6.45) is 0.943. The largest absolute Gasteiger partial charge is 0.480 e. The summed E-state index contributed by atoms with van der Waals surface area (Å²) in [6.45, 7) is 4.64. The van der Waals surface area contributed by atoms with E-state index >= 15 is 0 Å². The Balaban J connectivity index is 2.53. The average Bonchev–Trinajstić information content (AvgIpc) is 2.39. The minimum absolute atomic E-state index is 0.273. The minimum atomic E-state index is -1.16. The number of carboxylic acid groups (broad SMARTS) is 1. The third-order valence-corrected chi connectivity index (χ3v) is 4.43. The van der Waals surface area contributed by atoms with Crippen LogP contribution in [0.5, 0.6) is 0 Å². The van der Waals surface area contributed by atoms with Gasteiger partial charge < -0.3 is 10.0 Å². The van der Waals surface area contributed by atoms with Gasteiger partial charge in [0.15, 0.2) is 0 Å². The molecule has 0 aromatic heterocycles. The van der Waals surface area contributed by atoms with Gasteiger partial charge in [-0.1, -0.05) is 13.8 Å². The Bertz CT molecular complexity index is 610. The van der Waals surface area contributed by atoms with Crippen molar-refractivity contribution >= 4 is 11.9 Å². The Kier molecular flexibility index (Phi) is 3.98. The average molecular weight is 311 g/mol. The highest BCUT2D eigenvalue weighted by molar-refractivity contribution is 5.87. The van der Waals surface area contributed by atoms with Gasteiger partial charge in [-0.3, -0.25) is 9.59 Å². The van der Waals surface area contributed by atoms with Crippen LogP contribution >= 0.6 is 0 Å². The van der Waals surface area contributed by atoms with Gasteiger partial charge in [0.25, 0.3) is 0 Å². The van der Waals surface area contributed by atoms with Crippen LogP contribution in [0.25, 0.3) is 0 Å². The molecule has 0 saturated carbocycles. The van der Waals surface area contributed by atoms with E-state index in [1.807, 2.05) is 0 Å². The van der Waals surface area contributed by atoms with E-state index in [-0.39, 0.29) is 11.5 Å². The van der Waals surface area contributed by atoms with E-state index < -0.39 is 35.1 Å². The molecule has 1 heterocycles. The van der Waals surface area contributed by atoms with Crippen LogP contribution in [0.2, 0.25) is 0 Å². The van der Waals surface area contributed by atoms with Crippen LogP contribution in [0.1, 0.15) is 39.2 Å². The number of hydrogen-bond acceptors (Lipinski definition) is 2. The third kappa shape index (κ3) is 2.82. The SMILES string of the molecule is CC1(C)CCC(C)(c2cc(F)cc(F)c2)N(CC(=O)O)C1=O. The number of nitrogens with zero attached hydrogens (tertiary/aromatic N) is 1. The lowest BCUT2D eigenvalue weighted by Gasteiger charge is -2.49. The molecule has 1 amide bonds. The number of benzene rings is 1. The van der Waals surface area contributed by atoms with Gasteiger partial charge in [0.05, 0.1) is 5.54 Å². The van der Waals surface area contributed by atoms with Crippen LogP contribution in [0.3, 0.4) is 0 Å². The number of carboxylic acids is 1. The molecule has 1 fully saturated rings. The first-order valence-electron chi connectivity index (χ1n) is 7.07. The second-order valence-electron chi connectivity index (χ2n) is 6.60. The monoisotopic (exact) mass is 311 g/mol. The van der Waals surface area contributed by atoms with Crippen molar-refractivity contribution in [3.63, 3.8) is 0 Å². The maximum atomic E-state index is 13.5. The molecule has 1 saturated heterocycles. The maximum Gasteiger partial charge on any atom is 0.323 e. The van der Waals surface area contributed by atoms with Gasteiger partial charge in [-0.15, -0.1) is 0 Å². The Labute approximate surface area is 127 Å². The number of carbonyl (C=O) groups excluding carboxylic acids is 1. The summed E-state index contributed by atoms with van der Waals surface area (Å²) in [4.78, 5) is 25.0. The van der Waals surface area contributed by atoms with Crippen LogP contribution < -0.4 is 0 Å². The van der Waals surface area contributed by atoms with Gasteiger partial charge in [0, 0.05) is 11.5 Å². The summed E-state index contributed by atoms with van der Waals surface area (Å²) in [5.41, 5.74) is -1.47. The van der Waals surface area contributed by atoms with Crippen molar-refractivity contribution in [2.75, 3.05) is 6.54 Å². The fourth-order valence-corrected chi connectivity index (χ4v) is 2.93. The number of amides is 1. The van der Waals surface area contributed by atoms with Gasteiger partial charge >= 0.3 is 5.97 Å². The molecule has 0 bridgehead atoms. The molecule has 1 aliphatic rings. The van der Waals surface area contributed by atoms with Crippen molar-refractivity contribution in [3.8, 4) is 0 Å². The fourth-order valence-electron chi connectivity index (χ4n) is 2.93. The first-order chi connectivity index (χ1) is 10.1. The molecule has 1 aromatic rings. The second-order valence-corrected chi connectivity index (χ2v) is 6.60. The first kappa shape index (κ1) is 16.4.